The average Bonchev–Trinajstić information content (AvgIpc) is 3.57. The third-order valence-electron chi connectivity index (χ3n) is 6.73. The highest BCUT2D eigenvalue weighted by atomic mass is 79.9. The van der Waals surface area contributed by atoms with E-state index in [1.54, 1.807) is 30.3 Å². The molecule has 184 valence electrons. The molecule has 1 atom stereocenters. The summed E-state index contributed by atoms with van der Waals surface area (Å²) in [6.07, 6.45) is 2.40. The van der Waals surface area contributed by atoms with Crippen LogP contribution in [0.15, 0.2) is 99.2 Å². The maximum atomic E-state index is 13.7. The molecule has 3 aromatic carbocycles. The van der Waals surface area contributed by atoms with Crippen molar-refractivity contribution in [1.29, 1.82) is 0 Å². The van der Waals surface area contributed by atoms with E-state index >= 15 is 0 Å². The molecule has 1 unspecified atom stereocenters. The largest absolute Gasteiger partial charge is 0.508 e. The second-order valence-corrected chi connectivity index (χ2v) is 9.91. The van der Waals surface area contributed by atoms with Gasteiger partial charge in [0.1, 0.15) is 11.3 Å². The summed E-state index contributed by atoms with van der Waals surface area (Å²) in [5, 5.41) is 22.9. The fourth-order valence-corrected chi connectivity index (χ4v) is 5.37. The third kappa shape index (κ3) is 3.99. The summed E-state index contributed by atoms with van der Waals surface area (Å²) in [6, 6.07) is 20.3. The van der Waals surface area contributed by atoms with E-state index in [4.69, 9.17) is 4.42 Å². The van der Waals surface area contributed by atoms with Crippen LogP contribution < -0.4 is 0 Å². The van der Waals surface area contributed by atoms with Gasteiger partial charge in [0.2, 0.25) is 5.78 Å². The number of nitrogens with one attached hydrogen (secondary N) is 1. The average molecular weight is 557 g/mol. The Hall–Kier alpha value is -4.30. The molecule has 1 aliphatic rings. The fourth-order valence-electron chi connectivity index (χ4n) is 5.00. The number of ketones is 1. The molecule has 0 radical (unpaired) electrons. The number of aromatic hydroxyl groups is 1. The number of aliphatic hydroxyl groups excluding tert-OH is 1. The first-order valence-electron chi connectivity index (χ1n) is 11.7. The Labute approximate surface area is 219 Å². The van der Waals surface area contributed by atoms with Gasteiger partial charge in [0.05, 0.1) is 11.6 Å². The van der Waals surface area contributed by atoms with Crippen molar-refractivity contribution in [2.75, 3.05) is 6.54 Å². The molecule has 0 saturated carbocycles. The predicted octanol–water partition coefficient (Wildman–Crippen LogP) is 6.20. The maximum absolute atomic E-state index is 13.7. The number of Topliss-reactive ketones (excluding diaryl/α,β-unsaturated/α-hetero) is 1. The van der Waals surface area contributed by atoms with Gasteiger partial charge < -0.3 is 24.5 Å². The van der Waals surface area contributed by atoms with Crippen molar-refractivity contribution in [3.63, 3.8) is 0 Å². The van der Waals surface area contributed by atoms with Crippen LogP contribution in [0.2, 0.25) is 0 Å². The van der Waals surface area contributed by atoms with E-state index in [-0.39, 0.29) is 23.6 Å². The molecule has 5 aromatic rings. The summed E-state index contributed by atoms with van der Waals surface area (Å²) in [7, 11) is 0. The molecule has 3 heterocycles. The number of benzene rings is 3. The number of amides is 1. The standard InChI is InChI=1S/C29H21BrN2O5/c30-19-8-9-23-18(12-19)14-24(37-23)27(34)25-26(16-4-3-5-20(33)13-16)32(29(36)28(25)35)11-10-17-15-31-22-7-2-1-6-21(17)22/h1-9,12-15,26,31,33,35H,10-11H2. The topological polar surface area (TPSA) is 107 Å². The second kappa shape index (κ2) is 8.97. The van der Waals surface area contributed by atoms with Crippen LogP contribution >= 0.6 is 15.9 Å². The highest BCUT2D eigenvalue weighted by Crippen LogP contribution is 2.40. The number of hydrogen-bond acceptors (Lipinski definition) is 5. The summed E-state index contributed by atoms with van der Waals surface area (Å²) >= 11 is 3.41. The number of rotatable bonds is 6. The summed E-state index contributed by atoms with van der Waals surface area (Å²) in [5.41, 5.74) is 2.95. The monoisotopic (exact) mass is 556 g/mol. The zero-order chi connectivity index (χ0) is 25.7. The van der Waals surface area contributed by atoms with Crippen LogP contribution in [0.25, 0.3) is 21.9 Å². The van der Waals surface area contributed by atoms with Gasteiger partial charge in [-0.3, -0.25) is 9.59 Å². The molecule has 0 fully saturated rings. The van der Waals surface area contributed by atoms with Crippen LogP contribution in [0.3, 0.4) is 0 Å². The van der Waals surface area contributed by atoms with E-state index < -0.39 is 23.5 Å². The van der Waals surface area contributed by atoms with E-state index in [0.717, 1.165) is 20.9 Å². The van der Waals surface area contributed by atoms with E-state index in [9.17, 15) is 19.8 Å². The zero-order valence-electron chi connectivity index (χ0n) is 19.4. The number of nitrogens with zero attached hydrogens (tertiary/aromatic N) is 1. The number of aromatic nitrogens is 1. The molecule has 1 aliphatic heterocycles. The first-order chi connectivity index (χ1) is 17.9. The van der Waals surface area contributed by atoms with Crippen molar-refractivity contribution in [3.05, 3.63) is 112 Å². The SMILES string of the molecule is O=C(C1=C(O)C(=O)N(CCc2c[nH]c3ccccc23)C1c1cccc(O)c1)c1cc2cc(Br)ccc2o1. The summed E-state index contributed by atoms with van der Waals surface area (Å²) in [5.74, 6) is -1.82. The van der Waals surface area contributed by atoms with Gasteiger partial charge in [-0.1, -0.05) is 46.3 Å². The summed E-state index contributed by atoms with van der Waals surface area (Å²) in [6.45, 7) is 0.245. The Morgan fingerprint density at radius 3 is 2.70 bits per heavy atom. The molecule has 2 aromatic heterocycles. The number of phenolic OH excluding ortho intramolecular Hbond substituents is 1. The van der Waals surface area contributed by atoms with Crippen LogP contribution in [-0.4, -0.2) is 38.3 Å². The van der Waals surface area contributed by atoms with Gasteiger partial charge in [0.25, 0.3) is 5.91 Å². The molecule has 3 N–H and O–H groups in total. The number of aromatic amines is 1. The van der Waals surface area contributed by atoms with E-state index in [0.29, 0.717) is 23.0 Å². The minimum absolute atomic E-state index is 0.00620. The Kier molecular flexibility index (Phi) is 5.61. The van der Waals surface area contributed by atoms with Crippen LogP contribution in [0.4, 0.5) is 0 Å². The molecule has 0 bridgehead atoms. The third-order valence-corrected chi connectivity index (χ3v) is 7.23. The van der Waals surface area contributed by atoms with Gasteiger partial charge in [-0.25, -0.2) is 0 Å². The predicted molar refractivity (Wildman–Crippen MR) is 142 cm³/mol. The number of H-pyrrole nitrogens is 1. The van der Waals surface area contributed by atoms with Gasteiger partial charge in [-0.05, 0) is 60.0 Å². The lowest BCUT2D eigenvalue weighted by atomic mass is 9.94. The molecule has 8 heteroatoms. The minimum atomic E-state index is -0.891. The Bertz CT molecular complexity index is 1730. The van der Waals surface area contributed by atoms with Gasteiger partial charge >= 0.3 is 0 Å². The number of para-hydroxylation sites is 1. The van der Waals surface area contributed by atoms with Gasteiger partial charge in [-0.15, -0.1) is 0 Å². The molecule has 0 spiro atoms. The number of fused-ring (bicyclic) bond motifs is 2. The molecule has 0 aliphatic carbocycles. The molecule has 0 saturated heterocycles. The highest BCUT2D eigenvalue weighted by molar-refractivity contribution is 9.10. The van der Waals surface area contributed by atoms with Crippen molar-refractivity contribution >= 4 is 49.5 Å². The molecule has 37 heavy (non-hydrogen) atoms. The number of aliphatic hydroxyl groups is 1. The normalized spacial score (nSPS) is 15.9. The number of hydrogen-bond donors (Lipinski definition) is 3. The highest BCUT2D eigenvalue weighted by Gasteiger charge is 2.44. The number of halogens is 1. The lowest BCUT2D eigenvalue weighted by Gasteiger charge is -2.26. The van der Waals surface area contributed by atoms with Crippen LogP contribution in [0.5, 0.6) is 5.75 Å². The van der Waals surface area contributed by atoms with Gasteiger partial charge in [0, 0.05) is 33.5 Å². The smallest absolute Gasteiger partial charge is 0.290 e. The van der Waals surface area contributed by atoms with Crippen molar-refractivity contribution in [1.82, 2.24) is 9.88 Å². The first-order valence-corrected chi connectivity index (χ1v) is 12.5. The van der Waals surface area contributed by atoms with E-state index in [1.807, 2.05) is 36.5 Å². The number of carbonyl (C=O) groups is 2. The molecule has 1 amide bonds. The Morgan fingerprint density at radius 1 is 1.03 bits per heavy atom. The molecule has 6 rings (SSSR count). The Morgan fingerprint density at radius 2 is 1.86 bits per heavy atom. The lowest BCUT2D eigenvalue weighted by Crippen LogP contribution is -2.33. The second-order valence-electron chi connectivity index (χ2n) is 8.99. The number of phenols is 1. The quantitative estimate of drug-likeness (QED) is 0.216. The van der Waals surface area contributed by atoms with Crippen LogP contribution in [-0.2, 0) is 11.2 Å². The van der Waals surface area contributed by atoms with Gasteiger partial charge in [-0.2, -0.15) is 0 Å². The molecule has 7 nitrogen and oxygen atoms in total. The van der Waals surface area contributed by atoms with Crippen molar-refractivity contribution in [2.45, 2.75) is 12.5 Å². The zero-order valence-corrected chi connectivity index (χ0v) is 21.0. The maximum Gasteiger partial charge on any atom is 0.290 e. The van der Waals surface area contributed by atoms with Crippen LogP contribution in [0.1, 0.15) is 27.7 Å². The van der Waals surface area contributed by atoms with Crippen molar-refractivity contribution < 1.29 is 24.2 Å². The Balaban J connectivity index is 1.39. The summed E-state index contributed by atoms with van der Waals surface area (Å²) in [4.78, 5) is 31.7. The van der Waals surface area contributed by atoms with E-state index in [2.05, 4.69) is 20.9 Å². The number of carbonyl (C=O) groups excluding carboxylic acids is 2. The van der Waals surface area contributed by atoms with Crippen molar-refractivity contribution in [2.24, 2.45) is 0 Å². The minimum Gasteiger partial charge on any atom is -0.508 e. The fraction of sp³-hybridized carbons (Fsp3) is 0.103. The first kappa shape index (κ1) is 23.1. The number of furan rings is 1. The van der Waals surface area contributed by atoms with E-state index in [1.165, 1.54) is 17.0 Å². The molecular formula is C29H21BrN2O5. The van der Waals surface area contributed by atoms with Crippen molar-refractivity contribution in [3.8, 4) is 5.75 Å². The molecular weight excluding hydrogens is 536 g/mol. The summed E-state index contributed by atoms with van der Waals surface area (Å²) < 4.78 is 6.62. The lowest BCUT2D eigenvalue weighted by molar-refractivity contribution is -0.129. The van der Waals surface area contributed by atoms with Gasteiger partial charge in [0.15, 0.2) is 11.5 Å². The van der Waals surface area contributed by atoms with Crippen LogP contribution in [0, 0.1) is 0 Å².